The second kappa shape index (κ2) is 65.8. The maximum absolute atomic E-state index is 12.9. The Hall–Kier alpha value is -4.71. The lowest BCUT2D eigenvalue weighted by molar-refractivity contribution is -0.167. The molecule has 0 fully saturated rings. The van der Waals surface area contributed by atoms with Gasteiger partial charge in [-0.1, -0.05) is 269 Å². The van der Waals surface area contributed by atoms with Crippen LogP contribution >= 0.6 is 0 Å². The van der Waals surface area contributed by atoms with Crippen molar-refractivity contribution in [3.8, 4) is 0 Å². The van der Waals surface area contributed by atoms with Crippen molar-refractivity contribution < 1.29 is 28.6 Å². The third-order valence-corrected chi connectivity index (χ3v) is 13.3. The summed E-state index contributed by atoms with van der Waals surface area (Å²) in [6, 6.07) is 0. The Morgan fingerprint density at radius 1 is 0.253 bits per heavy atom. The molecule has 0 amide bonds. The first-order valence-electron chi connectivity index (χ1n) is 32.3. The van der Waals surface area contributed by atoms with E-state index >= 15 is 0 Å². The molecule has 0 saturated heterocycles. The molecule has 0 saturated carbocycles. The van der Waals surface area contributed by atoms with Crippen LogP contribution in [0.2, 0.25) is 0 Å². The topological polar surface area (TPSA) is 78.9 Å². The van der Waals surface area contributed by atoms with E-state index in [1.54, 1.807) is 0 Å². The fraction of sp³-hybridized carbons (Fsp3) is 0.630. The van der Waals surface area contributed by atoms with Crippen LogP contribution in [0.5, 0.6) is 0 Å². The number of hydrogen-bond donors (Lipinski definition) is 0. The Kier molecular flexibility index (Phi) is 61.9. The van der Waals surface area contributed by atoms with Crippen LogP contribution in [-0.4, -0.2) is 37.2 Å². The highest BCUT2D eigenvalue weighted by Gasteiger charge is 2.19. The van der Waals surface area contributed by atoms with E-state index in [0.717, 1.165) is 148 Å². The average Bonchev–Trinajstić information content (AvgIpc) is 3.45. The minimum absolute atomic E-state index is 0.100. The standard InChI is InChI=1S/C73H118O6/c1-4-7-10-13-16-19-22-25-28-31-33-34-35-36-37-38-40-42-45-48-51-54-57-60-63-66-72(75)78-69-70(68-77-71(74)65-62-59-56-53-50-47-44-41-30-27-24-21-18-15-12-9-6-3)79-73(76)67-64-61-58-55-52-49-46-43-39-32-29-26-23-20-17-14-11-8-5-2/h7-12,16-21,25-30,33-34,39,43,49,52,70H,4-6,13-15,22-24,31-32,35-38,40-42,44-48,50-51,53-69H2,1-3H3/b10-7-,11-8-,12-9-,19-16-,20-17-,21-18-,28-25-,29-26-,30-27-,34-33-,43-39-,52-49-. The molecule has 0 aliphatic rings. The predicted molar refractivity (Wildman–Crippen MR) is 343 cm³/mol. The minimum atomic E-state index is -0.808. The SMILES string of the molecule is CC/C=C\C/C=C\C/C=C\C/C=C\C/C=C\CCCCCC(=O)OC(COC(=O)CCCCCCCCC/C=C\C/C=C\C/C=C\CC)COC(=O)CCCCCCCCCCCCCC/C=C\C/C=C\C/C=C\C/C=C\CC. The van der Waals surface area contributed by atoms with Gasteiger partial charge in [-0.25, -0.2) is 0 Å². The number of carbonyl (C=O) groups is 3. The fourth-order valence-electron chi connectivity index (χ4n) is 8.59. The number of unbranched alkanes of at least 4 members (excludes halogenated alkanes) is 22. The molecule has 0 bridgehead atoms. The number of rotatable bonds is 57. The monoisotopic (exact) mass is 1090 g/mol. The summed E-state index contributed by atoms with van der Waals surface area (Å²) in [5.74, 6) is -0.943. The van der Waals surface area contributed by atoms with Gasteiger partial charge in [-0.3, -0.25) is 14.4 Å². The molecule has 1 atom stereocenters. The van der Waals surface area contributed by atoms with E-state index in [1.807, 2.05) is 0 Å². The maximum Gasteiger partial charge on any atom is 0.306 e. The molecular formula is C73H118O6. The summed E-state index contributed by atoms with van der Waals surface area (Å²) in [6.07, 6.45) is 94.2. The first-order chi connectivity index (χ1) is 39.0. The molecule has 0 aromatic heterocycles. The van der Waals surface area contributed by atoms with Crippen LogP contribution in [0.3, 0.4) is 0 Å². The van der Waals surface area contributed by atoms with Gasteiger partial charge in [0.25, 0.3) is 0 Å². The van der Waals surface area contributed by atoms with Gasteiger partial charge < -0.3 is 14.2 Å². The highest BCUT2D eigenvalue weighted by Crippen LogP contribution is 2.15. The number of carbonyl (C=O) groups excluding carboxylic acids is 3. The van der Waals surface area contributed by atoms with Crippen molar-refractivity contribution in [2.75, 3.05) is 13.2 Å². The molecule has 446 valence electrons. The van der Waals surface area contributed by atoms with Crippen LogP contribution in [0.25, 0.3) is 0 Å². The summed E-state index contributed by atoms with van der Waals surface area (Å²) in [5.41, 5.74) is 0. The summed E-state index contributed by atoms with van der Waals surface area (Å²) < 4.78 is 16.9. The molecule has 79 heavy (non-hydrogen) atoms. The zero-order chi connectivity index (χ0) is 57.1. The minimum Gasteiger partial charge on any atom is -0.462 e. The molecule has 6 heteroatoms. The normalized spacial score (nSPS) is 13.1. The van der Waals surface area contributed by atoms with Gasteiger partial charge in [0, 0.05) is 19.3 Å². The van der Waals surface area contributed by atoms with E-state index in [0.29, 0.717) is 12.8 Å². The number of esters is 3. The van der Waals surface area contributed by atoms with Crippen LogP contribution in [-0.2, 0) is 28.6 Å². The molecule has 6 nitrogen and oxygen atoms in total. The highest BCUT2D eigenvalue weighted by atomic mass is 16.6. The van der Waals surface area contributed by atoms with Gasteiger partial charge in [0.15, 0.2) is 6.10 Å². The van der Waals surface area contributed by atoms with Gasteiger partial charge in [-0.05, 0) is 135 Å². The predicted octanol–water partition coefficient (Wildman–Crippen LogP) is 22.3. The lowest BCUT2D eigenvalue weighted by atomic mass is 10.0. The smallest absolute Gasteiger partial charge is 0.306 e. The van der Waals surface area contributed by atoms with Crippen molar-refractivity contribution in [1.82, 2.24) is 0 Å². The van der Waals surface area contributed by atoms with Gasteiger partial charge in [-0.15, -0.1) is 0 Å². The third-order valence-electron chi connectivity index (χ3n) is 13.3. The molecule has 0 heterocycles. The Labute approximate surface area is 487 Å². The fourth-order valence-corrected chi connectivity index (χ4v) is 8.59. The van der Waals surface area contributed by atoms with E-state index in [2.05, 4.69) is 167 Å². The number of ether oxygens (including phenoxy) is 3. The van der Waals surface area contributed by atoms with Gasteiger partial charge >= 0.3 is 17.9 Å². The molecule has 0 radical (unpaired) electrons. The first-order valence-corrected chi connectivity index (χ1v) is 32.3. The Morgan fingerprint density at radius 3 is 0.722 bits per heavy atom. The summed E-state index contributed by atoms with van der Waals surface area (Å²) in [6.45, 7) is 6.28. The lowest BCUT2D eigenvalue weighted by Gasteiger charge is -2.18. The molecule has 0 rings (SSSR count). The van der Waals surface area contributed by atoms with Crippen LogP contribution < -0.4 is 0 Å². The summed E-state index contributed by atoms with van der Waals surface area (Å²) >= 11 is 0. The van der Waals surface area contributed by atoms with Crippen LogP contribution in [0.4, 0.5) is 0 Å². The second-order valence-electron chi connectivity index (χ2n) is 20.9. The lowest BCUT2D eigenvalue weighted by Crippen LogP contribution is -2.30. The molecule has 0 aliphatic carbocycles. The first kappa shape index (κ1) is 74.3. The number of hydrogen-bond acceptors (Lipinski definition) is 6. The summed E-state index contributed by atoms with van der Waals surface area (Å²) in [7, 11) is 0. The van der Waals surface area contributed by atoms with Crippen LogP contribution in [0, 0.1) is 0 Å². The molecular weight excluding hydrogens is 973 g/mol. The van der Waals surface area contributed by atoms with E-state index in [9.17, 15) is 14.4 Å². The van der Waals surface area contributed by atoms with Crippen LogP contribution in [0.15, 0.2) is 146 Å². The highest BCUT2D eigenvalue weighted by molar-refractivity contribution is 5.71. The van der Waals surface area contributed by atoms with Crippen molar-refractivity contribution >= 4 is 17.9 Å². The quantitative estimate of drug-likeness (QED) is 0.0261. The Balaban J connectivity index is 4.43. The Bertz CT molecular complexity index is 1730. The molecule has 0 aromatic rings. The van der Waals surface area contributed by atoms with E-state index in [4.69, 9.17) is 14.2 Å². The van der Waals surface area contributed by atoms with E-state index in [1.165, 1.54) is 89.9 Å². The summed E-state index contributed by atoms with van der Waals surface area (Å²) in [5, 5.41) is 0. The molecule has 1 unspecified atom stereocenters. The summed E-state index contributed by atoms with van der Waals surface area (Å²) in [4.78, 5) is 38.4. The van der Waals surface area contributed by atoms with Crippen molar-refractivity contribution in [3.05, 3.63) is 146 Å². The molecule has 0 aromatic carbocycles. The zero-order valence-electron chi connectivity index (χ0n) is 51.1. The molecule has 0 N–H and O–H groups in total. The van der Waals surface area contributed by atoms with Gasteiger partial charge in [0.2, 0.25) is 0 Å². The van der Waals surface area contributed by atoms with Crippen LogP contribution in [0.1, 0.15) is 278 Å². The van der Waals surface area contributed by atoms with Crippen molar-refractivity contribution in [2.24, 2.45) is 0 Å². The van der Waals surface area contributed by atoms with E-state index in [-0.39, 0.29) is 37.5 Å². The van der Waals surface area contributed by atoms with Gasteiger partial charge in [-0.2, -0.15) is 0 Å². The average molecular weight is 1090 g/mol. The molecule has 0 spiro atoms. The zero-order valence-corrected chi connectivity index (χ0v) is 51.1. The Morgan fingerprint density at radius 2 is 0.456 bits per heavy atom. The largest absolute Gasteiger partial charge is 0.462 e. The van der Waals surface area contributed by atoms with Crippen molar-refractivity contribution in [1.29, 1.82) is 0 Å². The molecule has 0 aliphatic heterocycles. The van der Waals surface area contributed by atoms with Crippen molar-refractivity contribution in [2.45, 2.75) is 284 Å². The number of allylic oxidation sites excluding steroid dienone is 24. The second-order valence-corrected chi connectivity index (χ2v) is 20.9. The third kappa shape index (κ3) is 64.0. The van der Waals surface area contributed by atoms with Crippen molar-refractivity contribution in [3.63, 3.8) is 0 Å². The van der Waals surface area contributed by atoms with E-state index < -0.39 is 6.10 Å². The maximum atomic E-state index is 12.9. The van der Waals surface area contributed by atoms with Gasteiger partial charge in [0.1, 0.15) is 13.2 Å². The van der Waals surface area contributed by atoms with Gasteiger partial charge in [0.05, 0.1) is 0 Å².